The molecule has 0 saturated carbocycles. The van der Waals surface area contributed by atoms with E-state index < -0.39 is 10.0 Å². The van der Waals surface area contributed by atoms with Crippen molar-refractivity contribution in [1.82, 2.24) is 4.31 Å². The molecular weight excluding hydrogens is 290 g/mol. The molecule has 2 fully saturated rings. The maximum Gasteiger partial charge on any atom is 0.215 e. The Morgan fingerprint density at radius 3 is 2.52 bits per heavy atom. The quantitative estimate of drug-likeness (QED) is 0.851. The van der Waals surface area contributed by atoms with Crippen molar-refractivity contribution in [2.45, 2.75) is 25.4 Å². The Morgan fingerprint density at radius 1 is 1.33 bits per heavy atom. The van der Waals surface area contributed by atoms with E-state index in [1.165, 1.54) is 0 Å². The summed E-state index contributed by atoms with van der Waals surface area (Å²) in [7, 11) is -1.60. The van der Waals surface area contributed by atoms with Crippen molar-refractivity contribution in [3.8, 4) is 5.75 Å². The summed E-state index contributed by atoms with van der Waals surface area (Å²) in [6.07, 6.45) is 0.713. The van der Waals surface area contributed by atoms with Gasteiger partial charge < -0.3 is 9.47 Å². The summed E-state index contributed by atoms with van der Waals surface area (Å²) in [6.45, 7) is 3.53. The molecule has 0 N–H and O–H groups in total. The largest absolute Gasteiger partial charge is 0.497 e. The second kappa shape index (κ2) is 5.26. The SMILES string of the molecule is COc1ccc(CN2C3(COC3)C(C)CCS2(=O)=O)cc1. The van der Waals surface area contributed by atoms with Gasteiger partial charge in [-0.3, -0.25) is 0 Å². The van der Waals surface area contributed by atoms with Gasteiger partial charge in [0, 0.05) is 6.54 Å². The van der Waals surface area contributed by atoms with Crippen molar-refractivity contribution < 1.29 is 17.9 Å². The molecule has 2 aliphatic heterocycles. The smallest absolute Gasteiger partial charge is 0.215 e. The minimum absolute atomic E-state index is 0.228. The average molecular weight is 311 g/mol. The topological polar surface area (TPSA) is 55.8 Å². The lowest BCUT2D eigenvalue weighted by Crippen LogP contribution is -2.69. The molecule has 1 aromatic carbocycles. The van der Waals surface area contributed by atoms with Gasteiger partial charge in [0.25, 0.3) is 0 Å². The first-order valence-electron chi connectivity index (χ1n) is 7.19. The second-order valence-corrected chi connectivity index (χ2v) is 7.97. The summed E-state index contributed by atoms with van der Waals surface area (Å²) in [5.74, 6) is 1.33. The maximum atomic E-state index is 12.5. The standard InChI is InChI=1S/C15H21NO4S/c1-12-7-8-21(17,18)16(15(12)10-20-11-15)9-13-3-5-14(19-2)6-4-13/h3-6,12H,7-11H2,1-2H3. The van der Waals surface area contributed by atoms with Crippen molar-refractivity contribution in [1.29, 1.82) is 0 Å². The van der Waals surface area contributed by atoms with Crippen molar-refractivity contribution in [3.05, 3.63) is 29.8 Å². The molecular formula is C15H21NO4S. The molecule has 2 saturated heterocycles. The minimum Gasteiger partial charge on any atom is -0.497 e. The molecule has 1 atom stereocenters. The third-order valence-electron chi connectivity index (χ3n) is 4.75. The molecule has 1 aromatic rings. The van der Waals surface area contributed by atoms with Crippen molar-refractivity contribution >= 4 is 10.0 Å². The third-order valence-corrected chi connectivity index (χ3v) is 6.66. The van der Waals surface area contributed by atoms with Crippen LogP contribution in [-0.4, -0.2) is 44.3 Å². The zero-order valence-corrected chi connectivity index (χ0v) is 13.2. The molecule has 0 radical (unpaired) electrons. The first-order valence-corrected chi connectivity index (χ1v) is 8.80. The molecule has 2 aliphatic rings. The van der Waals surface area contributed by atoms with Gasteiger partial charge >= 0.3 is 0 Å². The first-order chi connectivity index (χ1) is 9.98. The fraction of sp³-hybridized carbons (Fsp3) is 0.600. The van der Waals surface area contributed by atoms with Crippen LogP contribution in [0.15, 0.2) is 24.3 Å². The summed E-state index contributed by atoms with van der Waals surface area (Å²) in [5, 5.41) is 0. The van der Waals surface area contributed by atoms with Crippen LogP contribution in [0.1, 0.15) is 18.9 Å². The van der Waals surface area contributed by atoms with Crippen LogP contribution in [-0.2, 0) is 21.3 Å². The fourth-order valence-corrected chi connectivity index (χ4v) is 5.18. The van der Waals surface area contributed by atoms with E-state index in [4.69, 9.17) is 9.47 Å². The number of sulfonamides is 1. The Kier molecular flexibility index (Phi) is 3.71. The van der Waals surface area contributed by atoms with E-state index in [2.05, 4.69) is 6.92 Å². The highest BCUT2D eigenvalue weighted by Crippen LogP contribution is 2.41. The predicted octanol–water partition coefficient (Wildman–Crippen LogP) is 1.64. The number of benzene rings is 1. The summed E-state index contributed by atoms with van der Waals surface area (Å²) in [4.78, 5) is 0. The number of methoxy groups -OCH3 is 1. The average Bonchev–Trinajstić information content (AvgIpc) is 2.42. The Bertz CT molecular complexity index is 607. The molecule has 1 unspecified atom stereocenters. The number of hydrogen-bond acceptors (Lipinski definition) is 4. The van der Waals surface area contributed by atoms with Gasteiger partial charge in [-0.1, -0.05) is 19.1 Å². The van der Waals surface area contributed by atoms with E-state index in [1.54, 1.807) is 11.4 Å². The minimum atomic E-state index is -3.22. The van der Waals surface area contributed by atoms with E-state index in [9.17, 15) is 8.42 Å². The first kappa shape index (κ1) is 14.8. The van der Waals surface area contributed by atoms with Crippen LogP contribution in [0.3, 0.4) is 0 Å². The van der Waals surface area contributed by atoms with Crippen LogP contribution >= 0.6 is 0 Å². The molecule has 0 amide bonds. The van der Waals surface area contributed by atoms with Crippen molar-refractivity contribution in [2.24, 2.45) is 5.92 Å². The highest BCUT2D eigenvalue weighted by molar-refractivity contribution is 7.89. The van der Waals surface area contributed by atoms with Crippen molar-refractivity contribution in [2.75, 3.05) is 26.1 Å². The zero-order valence-electron chi connectivity index (χ0n) is 12.4. The number of hydrogen-bond donors (Lipinski definition) is 0. The summed E-state index contributed by atoms with van der Waals surface area (Å²) >= 11 is 0. The van der Waals surface area contributed by atoms with Gasteiger partial charge in [0.1, 0.15) is 5.75 Å². The molecule has 6 heteroatoms. The van der Waals surface area contributed by atoms with Crippen molar-refractivity contribution in [3.63, 3.8) is 0 Å². The molecule has 116 valence electrons. The normalized spacial score (nSPS) is 27.2. The van der Waals surface area contributed by atoms with E-state index in [0.717, 1.165) is 11.3 Å². The summed E-state index contributed by atoms with van der Waals surface area (Å²) < 4.78 is 37.2. The van der Waals surface area contributed by atoms with E-state index in [1.807, 2.05) is 24.3 Å². The second-order valence-electron chi connectivity index (χ2n) is 5.96. The Balaban J connectivity index is 1.89. The molecule has 3 rings (SSSR count). The van der Waals surface area contributed by atoms with Gasteiger partial charge in [0.05, 0.1) is 31.6 Å². The maximum absolute atomic E-state index is 12.5. The Hall–Kier alpha value is -1.11. The number of rotatable bonds is 3. The highest BCUT2D eigenvalue weighted by Gasteiger charge is 2.55. The van der Waals surface area contributed by atoms with Gasteiger partial charge in [-0.15, -0.1) is 0 Å². The molecule has 2 heterocycles. The number of nitrogens with zero attached hydrogens (tertiary/aromatic N) is 1. The molecule has 0 aliphatic carbocycles. The van der Waals surface area contributed by atoms with E-state index in [0.29, 0.717) is 32.1 Å². The molecule has 0 bridgehead atoms. The van der Waals surface area contributed by atoms with Gasteiger partial charge in [-0.25, -0.2) is 8.42 Å². The molecule has 21 heavy (non-hydrogen) atoms. The lowest BCUT2D eigenvalue weighted by molar-refractivity contribution is -0.145. The lowest BCUT2D eigenvalue weighted by atomic mass is 9.81. The molecule has 0 aromatic heterocycles. The fourth-order valence-electron chi connectivity index (χ4n) is 3.12. The Morgan fingerprint density at radius 2 is 2.00 bits per heavy atom. The van der Waals surface area contributed by atoms with Gasteiger partial charge in [0.15, 0.2) is 0 Å². The van der Waals surface area contributed by atoms with E-state index >= 15 is 0 Å². The van der Waals surface area contributed by atoms with Crippen LogP contribution in [0.4, 0.5) is 0 Å². The zero-order chi connectivity index (χ0) is 15.1. The van der Waals surface area contributed by atoms with Crippen LogP contribution in [0.25, 0.3) is 0 Å². The van der Waals surface area contributed by atoms with Gasteiger partial charge in [-0.05, 0) is 30.0 Å². The molecule has 5 nitrogen and oxygen atoms in total. The van der Waals surface area contributed by atoms with Crippen LogP contribution in [0.2, 0.25) is 0 Å². The summed E-state index contributed by atoms with van der Waals surface area (Å²) in [5.41, 5.74) is 0.622. The van der Waals surface area contributed by atoms with Gasteiger partial charge in [-0.2, -0.15) is 4.31 Å². The molecule has 1 spiro atoms. The Labute approximate surface area is 125 Å². The van der Waals surface area contributed by atoms with Crippen LogP contribution in [0, 0.1) is 5.92 Å². The van der Waals surface area contributed by atoms with Gasteiger partial charge in [0.2, 0.25) is 10.0 Å². The summed E-state index contributed by atoms with van der Waals surface area (Å²) in [6, 6.07) is 7.56. The highest BCUT2D eigenvalue weighted by atomic mass is 32.2. The lowest BCUT2D eigenvalue weighted by Gasteiger charge is -2.54. The van der Waals surface area contributed by atoms with Crippen LogP contribution < -0.4 is 4.74 Å². The monoisotopic (exact) mass is 311 g/mol. The number of ether oxygens (including phenoxy) is 2. The third kappa shape index (κ3) is 2.45. The van der Waals surface area contributed by atoms with E-state index in [-0.39, 0.29) is 11.3 Å². The van der Waals surface area contributed by atoms with Crippen LogP contribution in [0.5, 0.6) is 5.75 Å². The predicted molar refractivity (Wildman–Crippen MR) is 79.7 cm³/mol.